The summed E-state index contributed by atoms with van der Waals surface area (Å²) in [5.74, 6) is -0.228. The highest BCUT2D eigenvalue weighted by molar-refractivity contribution is 5.40. The zero-order valence-electron chi connectivity index (χ0n) is 10.4. The third-order valence-corrected chi connectivity index (χ3v) is 2.38. The molecule has 1 aromatic heterocycles. The van der Waals surface area contributed by atoms with Crippen molar-refractivity contribution in [3.05, 3.63) is 17.8 Å². The molecule has 6 heteroatoms. The highest BCUT2D eigenvalue weighted by atomic mass is 19.1. The maximum absolute atomic E-state index is 13.9. The van der Waals surface area contributed by atoms with Crippen LogP contribution in [0.2, 0.25) is 0 Å². The molecule has 1 aromatic rings. The molecule has 0 amide bonds. The summed E-state index contributed by atoms with van der Waals surface area (Å²) >= 11 is 0. The van der Waals surface area contributed by atoms with Crippen molar-refractivity contribution in [1.82, 2.24) is 9.97 Å². The second kappa shape index (κ2) is 6.46. The molecule has 1 atom stereocenters. The van der Waals surface area contributed by atoms with Gasteiger partial charge in [0.05, 0.1) is 18.4 Å². The first-order valence-electron chi connectivity index (χ1n) is 5.47. The Morgan fingerprint density at radius 3 is 2.82 bits per heavy atom. The highest BCUT2D eigenvalue weighted by Crippen LogP contribution is 2.17. The van der Waals surface area contributed by atoms with Crippen molar-refractivity contribution in [3.63, 3.8) is 0 Å². The molecule has 0 aromatic carbocycles. The molecule has 0 aliphatic rings. The lowest BCUT2D eigenvalue weighted by Crippen LogP contribution is -2.33. The van der Waals surface area contributed by atoms with E-state index in [-0.39, 0.29) is 19.0 Å². The van der Waals surface area contributed by atoms with Crippen molar-refractivity contribution >= 4 is 5.82 Å². The molecule has 17 heavy (non-hydrogen) atoms. The molecular weight excluding hydrogens is 225 g/mol. The van der Waals surface area contributed by atoms with Gasteiger partial charge in [0.25, 0.3) is 0 Å². The number of aryl methyl sites for hydroxylation is 1. The fourth-order valence-corrected chi connectivity index (χ4v) is 1.56. The van der Waals surface area contributed by atoms with Gasteiger partial charge in [-0.1, -0.05) is 6.92 Å². The lowest BCUT2D eigenvalue weighted by Gasteiger charge is -2.22. The standard InChI is InChI=1S/C11H18FN3O2/c1-4-9-10(12)11(14-7-13-9)15(2)5-8(16)6-17-3/h7-8,16H,4-6H2,1-3H3. The SMILES string of the molecule is CCc1ncnc(N(C)CC(O)COC)c1F. The molecule has 0 radical (unpaired) electrons. The molecule has 0 bridgehead atoms. The van der Waals surface area contributed by atoms with Crippen LogP contribution in [0.5, 0.6) is 0 Å². The Kier molecular flexibility index (Phi) is 5.24. The third-order valence-electron chi connectivity index (χ3n) is 2.38. The fourth-order valence-electron chi connectivity index (χ4n) is 1.56. The molecule has 1 rings (SSSR count). The quantitative estimate of drug-likeness (QED) is 0.793. The fraction of sp³-hybridized carbons (Fsp3) is 0.636. The normalized spacial score (nSPS) is 12.5. The van der Waals surface area contributed by atoms with Crippen LogP contribution in [0.4, 0.5) is 10.2 Å². The Hall–Kier alpha value is -1.27. The van der Waals surface area contributed by atoms with Gasteiger partial charge in [-0.25, -0.2) is 14.4 Å². The first-order valence-corrected chi connectivity index (χ1v) is 5.47. The van der Waals surface area contributed by atoms with Crippen LogP contribution in [-0.2, 0) is 11.2 Å². The number of rotatable bonds is 6. The van der Waals surface area contributed by atoms with E-state index in [1.165, 1.54) is 13.4 Å². The topological polar surface area (TPSA) is 58.5 Å². The first kappa shape index (κ1) is 13.8. The number of hydrogen-bond donors (Lipinski definition) is 1. The summed E-state index contributed by atoms with van der Waals surface area (Å²) in [6, 6.07) is 0. The maximum Gasteiger partial charge on any atom is 0.187 e. The van der Waals surface area contributed by atoms with E-state index in [0.29, 0.717) is 12.1 Å². The van der Waals surface area contributed by atoms with Crippen molar-refractivity contribution in [3.8, 4) is 0 Å². The number of hydrogen-bond acceptors (Lipinski definition) is 5. The third kappa shape index (κ3) is 3.61. The molecule has 1 unspecified atom stereocenters. The van der Waals surface area contributed by atoms with Crippen LogP contribution >= 0.6 is 0 Å². The zero-order valence-corrected chi connectivity index (χ0v) is 10.4. The van der Waals surface area contributed by atoms with E-state index in [9.17, 15) is 9.50 Å². The van der Waals surface area contributed by atoms with Crippen LogP contribution in [0.1, 0.15) is 12.6 Å². The molecule has 0 fully saturated rings. The second-order valence-corrected chi connectivity index (χ2v) is 3.80. The van der Waals surface area contributed by atoms with Crippen LogP contribution in [0, 0.1) is 5.82 Å². The van der Waals surface area contributed by atoms with Gasteiger partial charge in [0, 0.05) is 20.7 Å². The minimum Gasteiger partial charge on any atom is -0.389 e. The van der Waals surface area contributed by atoms with E-state index in [2.05, 4.69) is 9.97 Å². The number of halogens is 1. The average Bonchev–Trinajstić information content (AvgIpc) is 2.29. The number of nitrogens with zero attached hydrogens (tertiary/aromatic N) is 3. The highest BCUT2D eigenvalue weighted by Gasteiger charge is 2.16. The Bertz CT molecular complexity index is 363. The van der Waals surface area contributed by atoms with Gasteiger partial charge >= 0.3 is 0 Å². The molecular formula is C11H18FN3O2. The Morgan fingerprint density at radius 1 is 1.53 bits per heavy atom. The molecule has 1 heterocycles. The summed E-state index contributed by atoms with van der Waals surface area (Å²) in [6.07, 6.45) is 1.16. The van der Waals surface area contributed by atoms with Crippen molar-refractivity contribution < 1.29 is 14.2 Å². The minimum atomic E-state index is -0.676. The summed E-state index contributed by atoms with van der Waals surface area (Å²) < 4.78 is 18.7. The molecule has 0 spiro atoms. The van der Waals surface area contributed by atoms with Gasteiger partial charge in [-0.05, 0) is 6.42 Å². The molecule has 5 nitrogen and oxygen atoms in total. The van der Waals surface area contributed by atoms with Gasteiger partial charge in [-0.2, -0.15) is 0 Å². The van der Waals surface area contributed by atoms with Crippen LogP contribution in [-0.4, -0.2) is 48.5 Å². The molecule has 1 N–H and O–H groups in total. The molecule has 0 aliphatic heterocycles. The van der Waals surface area contributed by atoms with Crippen LogP contribution in [0.3, 0.4) is 0 Å². The minimum absolute atomic E-state index is 0.201. The smallest absolute Gasteiger partial charge is 0.187 e. The summed E-state index contributed by atoms with van der Waals surface area (Å²) in [7, 11) is 3.17. The first-order chi connectivity index (χ1) is 8.10. The van der Waals surface area contributed by atoms with Crippen molar-refractivity contribution in [2.45, 2.75) is 19.4 Å². The van der Waals surface area contributed by atoms with Gasteiger partial charge in [-0.3, -0.25) is 0 Å². The van der Waals surface area contributed by atoms with E-state index in [4.69, 9.17) is 4.74 Å². The van der Waals surface area contributed by atoms with E-state index < -0.39 is 11.9 Å². The van der Waals surface area contributed by atoms with E-state index >= 15 is 0 Å². The Labute approximate surface area is 100 Å². The predicted octanol–water partition coefficient (Wildman–Crippen LogP) is 0.622. The molecule has 0 saturated heterocycles. The van der Waals surface area contributed by atoms with Crippen LogP contribution in [0.25, 0.3) is 0 Å². The van der Waals surface area contributed by atoms with Gasteiger partial charge in [0.2, 0.25) is 0 Å². The van der Waals surface area contributed by atoms with E-state index in [0.717, 1.165) is 0 Å². The number of likely N-dealkylation sites (N-methyl/N-ethyl adjacent to an activating group) is 1. The largest absolute Gasteiger partial charge is 0.389 e. The summed E-state index contributed by atoms with van der Waals surface area (Å²) in [6.45, 7) is 2.29. The average molecular weight is 243 g/mol. The van der Waals surface area contributed by atoms with Crippen molar-refractivity contribution in [2.75, 3.05) is 32.2 Å². The Balaban J connectivity index is 2.78. The summed E-state index contributed by atoms with van der Waals surface area (Å²) in [5, 5.41) is 9.57. The molecule has 0 saturated carbocycles. The lowest BCUT2D eigenvalue weighted by molar-refractivity contribution is 0.0693. The number of ether oxygens (including phenoxy) is 1. The number of aliphatic hydroxyl groups excluding tert-OH is 1. The van der Waals surface area contributed by atoms with Crippen LogP contribution < -0.4 is 4.90 Å². The lowest BCUT2D eigenvalue weighted by atomic mass is 10.3. The molecule has 0 aliphatic carbocycles. The van der Waals surface area contributed by atoms with Gasteiger partial charge < -0.3 is 14.7 Å². The Morgan fingerprint density at radius 2 is 2.24 bits per heavy atom. The van der Waals surface area contributed by atoms with Gasteiger partial charge in [0.15, 0.2) is 11.6 Å². The van der Waals surface area contributed by atoms with Crippen molar-refractivity contribution in [1.29, 1.82) is 0 Å². The number of anilines is 1. The number of aromatic nitrogens is 2. The van der Waals surface area contributed by atoms with Crippen LogP contribution in [0.15, 0.2) is 6.33 Å². The van der Waals surface area contributed by atoms with Gasteiger partial charge in [0.1, 0.15) is 6.33 Å². The zero-order chi connectivity index (χ0) is 12.8. The monoisotopic (exact) mass is 243 g/mol. The second-order valence-electron chi connectivity index (χ2n) is 3.80. The molecule has 96 valence electrons. The van der Waals surface area contributed by atoms with Crippen molar-refractivity contribution in [2.24, 2.45) is 0 Å². The number of aliphatic hydroxyl groups is 1. The van der Waals surface area contributed by atoms with E-state index in [1.807, 2.05) is 6.92 Å². The summed E-state index contributed by atoms with van der Waals surface area (Å²) in [4.78, 5) is 9.30. The summed E-state index contributed by atoms with van der Waals surface area (Å²) in [5.41, 5.74) is 0.378. The van der Waals surface area contributed by atoms with Gasteiger partial charge in [-0.15, -0.1) is 0 Å². The predicted molar refractivity (Wildman–Crippen MR) is 62.5 cm³/mol. The maximum atomic E-state index is 13.9. The van der Waals surface area contributed by atoms with E-state index in [1.54, 1.807) is 11.9 Å². The number of methoxy groups -OCH3 is 1.